The minimum Gasteiger partial charge on any atom is -0.435 e. The summed E-state index contributed by atoms with van der Waals surface area (Å²) in [6.45, 7) is -1.03. The minimum atomic E-state index is -2.90. The minimum absolute atomic E-state index is 0.00823. The molecule has 0 aliphatic carbocycles. The lowest BCUT2D eigenvalue weighted by atomic mass is 10.1. The molecule has 6 heteroatoms. The van der Waals surface area contributed by atoms with Crippen molar-refractivity contribution in [1.82, 2.24) is 0 Å². The predicted molar refractivity (Wildman–Crippen MR) is 79.9 cm³/mol. The average molecular weight is 356 g/mol. The second-order valence-electron chi connectivity index (χ2n) is 4.34. The zero-order valence-electron chi connectivity index (χ0n) is 11.1. The van der Waals surface area contributed by atoms with Crippen molar-refractivity contribution in [2.45, 2.75) is 13.5 Å². The molecule has 3 nitrogen and oxygen atoms in total. The zero-order valence-corrected chi connectivity index (χ0v) is 12.7. The number of carbonyl (C=O) groups is 1. The molecule has 2 rings (SSSR count). The third-order valence-corrected chi connectivity index (χ3v) is 3.38. The molecule has 2 aromatic carbocycles. The van der Waals surface area contributed by atoms with Gasteiger partial charge in [0.05, 0.1) is 5.56 Å². The Morgan fingerprint density at radius 1 is 1.24 bits per heavy atom. The Hall–Kier alpha value is -1.95. The fourth-order valence-corrected chi connectivity index (χ4v) is 2.19. The van der Waals surface area contributed by atoms with Gasteiger partial charge < -0.3 is 10.1 Å². The van der Waals surface area contributed by atoms with Gasteiger partial charge in [-0.2, -0.15) is 8.78 Å². The van der Waals surface area contributed by atoms with Gasteiger partial charge in [0.25, 0.3) is 5.91 Å². The van der Waals surface area contributed by atoms with Crippen molar-refractivity contribution in [1.29, 1.82) is 0 Å². The maximum absolute atomic E-state index is 12.2. The number of nitrogens with one attached hydrogen (secondary N) is 1. The second-order valence-corrected chi connectivity index (χ2v) is 5.20. The quantitative estimate of drug-likeness (QED) is 0.869. The summed E-state index contributed by atoms with van der Waals surface area (Å²) < 4.78 is 29.3. The summed E-state index contributed by atoms with van der Waals surface area (Å²) in [5.74, 6) is -0.342. The Labute approximate surface area is 129 Å². The number of halogens is 3. The van der Waals surface area contributed by atoms with Gasteiger partial charge in [-0.3, -0.25) is 4.79 Å². The van der Waals surface area contributed by atoms with E-state index in [1.807, 2.05) is 13.0 Å². The molecule has 21 heavy (non-hydrogen) atoms. The molecule has 0 unspecified atom stereocenters. The highest BCUT2D eigenvalue weighted by Gasteiger charge is 2.11. The first-order chi connectivity index (χ1) is 9.95. The number of carbonyl (C=O) groups excluding carboxylic acids is 1. The van der Waals surface area contributed by atoms with E-state index in [1.54, 1.807) is 18.2 Å². The van der Waals surface area contributed by atoms with E-state index in [-0.39, 0.29) is 11.7 Å². The number of aryl methyl sites for hydroxylation is 1. The summed E-state index contributed by atoms with van der Waals surface area (Å²) in [5.41, 5.74) is 1.79. The molecule has 0 aliphatic rings. The van der Waals surface area contributed by atoms with Gasteiger partial charge in [-0.25, -0.2) is 0 Å². The predicted octanol–water partition coefficient (Wildman–Crippen LogP) is 4.61. The molecule has 0 aromatic heterocycles. The number of hydrogen-bond acceptors (Lipinski definition) is 2. The van der Waals surface area contributed by atoms with Crippen LogP contribution < -0.4 is 10.1 Å². The number of anilines is 1. The summed E-state index contributed by atoms with van der Waals surface area (Å²) in [6, 6.07) is 11.2. The molecule has 1 amide bonds. The van der Waals surface area contributed by atoms with Crippen molar-refractivity contribution >= 4 is 27.5 Å². The first-order valence-electron chi connectivity index (χ1n) is 6.08. The molecular formula is C15H12BrF2NO2. The maximum atomic E-state index is 12.2. The number of ether oxygens (including phenoxy) is 1. The van der Waals surface area contributed by atoms with Crippen LogP contribution in [0.4, 0.5) is 14.5 Å². The third kappa shape index (κ3) is 4.26. The molecule has 2 aromatic rings. The number of alkyl halides is 2. The Balaban J connectivity index is 2.17. The zero-order chi connectivity index (χ0) is 15.4. The number of amides is 1. The number of rotatable bonds is 4. The van der Waals surface area contributed by atoms with Gasteiger partial charge in [-0.15, -0.1) is 0 Å². The van der Waals surface area contributed by atoms with Crippen LogP contribution in [0.15, 0.2) is 46.9 Å². The molecule has 0 heterocycles. The summed E-state index contributed by atoms with van der Waals surface area (Å²) in [5, 5.41) is 2.65. The van der Waals surface area contributed by atoms with Crippen LogP contribution in [-0.4, -0.2) is 12.5 Å². The smallest absolute Gasteiger partial charge is 0.387 e. The van der Waals surface area contributed by atoms with E-state index in [1.165, 1.54) is 18.2 Å². The van der Waals surface area contributed by atoms with Crippen molar-refractivity contribution in [3.63, 3.8) is 0 Å². The van der Waals surface area contributed by atoms with E-state index < -0.39 is 6.61 Å². The van der Waals surface area contributed by atoms with Crippen LogP contribution in [-0.2, 0) is 0 Å². The molecule has 0 aliphatic heterocycles. The van der Waals surface area contributed by atoms with Crippen LogP contribution in [0.25, 0.3) is 0 Å². The lowest BCUT2D eigenvalue weighted by Crippen LogP contribution is -2.13. The fourth-order valence-electron chi connectivity index (χ4n) is 1.76. The summed E-state index contributed by atoms with van der Waals surface area (Å²) in [4.78, 5) is 12.2. The molecular weight excluding hydrogens is 344 g/mol. The van der Waals surface area contributed by atoms with Crippen molar-refractivity contribution in [3.8, 4) is 5.75 Å². The van der Waals surface area contributed by atoms with Gasteiger partial charge in [0.15, 0.2) is 0 Å². The highest BCUT2D eigenvalue weighted by Crippen LogP contribution is 2.22. The van der Waals surface area contributed by atoms with E-state index in [2.05, 4.69) is 26.0 Å². The lowest BCUT2D eigenvalue weighted by molar-refractivity contribution is -0.0497. The van der Waals surface area contributed by atoms with Gasteiger partial charge in [0, 0.05) is 16.2 Å². The fraction of sp³-hybridized carbons (Fsp3) is 0.133. The Morgan fingerprint density at radius 3 is 2.71 bits per heavy atom. The standard InChI is InChI=1S/C15H12BrF2NO2/c1-9-5-6-13(16)12(7-9)14(20)19-10-3-2-4-11(8-10)21-15(17)18/h2-8,15H,1H3,(H,19,20). The Kier molecular flexibility index (Phi) is 4.90. The van der Waals surface area contributed by atoms with Crippen LogP contribution >= 0.6 is 15.9 Å². The number of hydrogen-bond donors (Lipinski definition) is 1. The van der Waals surface area contributed by atoms with Crippen molar-refractivity contribution in [2.75, 3.05) is 5.32 Å². The van der Waals surface area contributed by atoms with Crippen LogP contribution in [0.1, 0.15) is 15.9 Å². The topological polar surface area (TPSA) is 38.3 Å². The van der Waals surface area contributed by atoms with Gasteiger partial charge in [-0.05, 0) is 47.1 Å². The van der Waals surface area contributed by atoms with Crippen molar-refractivity contribution < 1.29 is 18.3 Å². The second kappa shape index (κ2) is 6.67. The normalized spacial score (nSPS) is 10.5. The Morgan fingerprint density at radius 2 is 2.00 bits per heavy atom. The van der Waals surface area contributed by atoms with Crippen molar-refractivity contribution in [3.05, 3.63) is 58.1 Å². The summed E-state index contributed by atoms with van der Waals surface area (Å²) in [6.07, 6.45) is 0. The molecule has 110 valence electrons. The van der Waals surface area contributed by atoms with Crippen LogP contribution in [0.5, 0.6) is 5.75 Å². The third-order valence-electron chi connectivity index (χ3n) is 2.68. The van der Waals surface area contributed by atoms with Gasteiger partial charge in [-0.1, -0.05) is 17.7 Å². The SMILES string of the molecule is Cc1ccc(Br)c(C(=O)Nc2cccc(OC(F)F)c2)c1. The van der Waals surface area contributed by atoms with Gasteiger partial charge in [0.1, 0.15) is 5.75 Å². The van der Waals surface area contributed by atoms with E-state index >= 15 is 0 Å². The summed E-state index contributed by atoms with van der Waals surface area (Å²) in [7, 11) is 0. The van der Waals surface area contributed by atoms with Crippen LogP contribution in [0.2, 0.25) is 0 Å². The molecule has 0 saturated heterocycles. The molecule has 0 fully saturated rings. The maximum Gasteiger partial charge on any atom is 0.387 e. The lowest BCUT2D eigenvalue weighted by Gasteiger charge is -2.10. The van der Waals surface area contributed by atoms with E-state index in [0.29, 0.717) is 15.7 Å². The molecule has 0 saturated carbocycles. The largest absolute Gasteiger partial charge is 0.435 e. The monoisotopic (exact) mass is 355 g/mol. The van der Waals surface area contributed by atoms with Crippen LogP contribution in [0, 0.1) is 6.92 Å². The van der Waals surface area contributed by atoms with E-state index in [9.17, 15) is 13.6 Å². The first kappa shape index (κ1) is 15.4. The van der Waals surface area contributed by atoms with Gasteiger partial charge >= 0.3 is 6.61 Å². The highest BCUT2D eigenvalue weighted by molar-refractivity contribution is 9.10. The van der Waals surface area contributed by atoms with E-state index in [0.717, 1.165) is 5.56 Å². The molecule has 0 radical (unpaired) electrons. The molecule has 0 atom stereocenters. The summed E-state index contributed by atoms with van der Waals surface area (Å²) >= 11 is 3.31. The Bertz CT molecular complexity index is 662. The highest BCUT2D eigenvalue weighted by atomic mass is 79.9. The average Bonchev–Trinajstić information content (AvgIpc) is 2.41. The molecule has 1 N–H and O–H groups in total. The van der Waals surface area contributed by atoms with Crippen LogP contribution in [0.3, 0.4) is 0 Å². The number of benzene rings is 2. The molecule has 0 spiro atoms. The van der Waals surface area contributed by atoms with Crippen molar-refractivity contribution in [2.24, 2.45) is 0 Å². The first-order valence-corrected chi connectivity index (χ1v) is 6.87. The molecule has 0 bridgehead atoms. The van der Waals surface area contributed by atoms with E-state index in [4.69, 9.17) is 0 Å². The van der Waals surface area contributed by atoms with Gasteiger partial charge in [0.2, 0.25) is 0 Å².